The lowest BCUT2D eigenvalue weighted by Crippen LogP contribution is -2.15. The number of methoxy groups -OCH3 is 2. The van der Waals surface area contributed by atoms with Crippen molar-refractivity contribution in [1.82, 2.24) is 24.7 Å². The molecular weight excluding hydrogens is 402 g/mol. The normalized spacial score (nSPS) is 12.6. The van der Waals surface area contributed by atoms with E-state index in [2.05, 4.69) is 25.4 Å². The summed E-state index contributed by atoms with van der Waals surface area (Å²) in [6.07, 6.45) is 1.43. The van der Waals surface area contributed by atoms with Gasteiger partial charge in [0, 0.05) is 23.2 Å². The van der Waals surface area contributed by atoms with E-state index >= 15 is 0 Å². The summed E-state index contributed by atoms with van der Waals surface area (Å²) in [6, 6.07) is 9.04. The topological polar surface area (TPSA) is 131 Å². The Hall–Kier alpha value is -4.28. The van der Waals surface area contributed by atoms with Gasteiger partial charge in [0.1, 0.15) is 19.5 Å². The predicted octanol–water partition coefficient (Wildman–Crippen LogP) is 2.32. The van der Waals surface area contributed by atoms with Gasteiger partial charge in [-0.2, -0.15) is 9.67 Å². The molecule has 3 heterocycles. The quantitative estimate of drug-likeness (QED) is 0.495. The fourth-order valence-corrected chi connectivity index (χ4v) is 3.32. The third kappa shape index (κ3) is 3.35. The zero-order valence-corrected chi connectivity index (χ0v) is 16.8. The number of nitrogens with zero attached hydrogens (tertiary/aromatic N) is 5. The van der Waals surface area contributed by atoms with Gasteiger partial charge >= 0.3 is 0 Å². The van der Waals surface area contributed by atoms with Crippen molar-refractivity contribution >= 4 is 28.5 Å². The standard InChI is InChI=1S/C20H19N7O4/c1-28-15-8-12-13(9-16(15)29-2)22-10-23-18(12)27-19(21)25-20(26-27)24-11-3-4-14-17(7-11)31-6-5-30-14/h3-4,7-10H,5-6H2,1-2H3,(H3,21,24,25,26). The van der Waals surface area contributed by atoms with Crippen molar-refractivity contribution in [3.8, 4) is 28.8 Å². The largest absolute Gasteiger partial charge is 0.493 e. The van der Waals surface area contributed by atoms with Gasteiger partial charge in [0.05, 0.1) is 19.7 Å². The number of anilines is 3. The lowest BCUT2D eigenvalue weighted by atomic mass is 10.2. The smallest absolute Gasteiger partial charge is 0.248 e. The first-order valence-electron chi connectivity index (χ1n) is 9.42. The molecule has 1 aliphatic rings. The number of fused-ring (bicyclic) bond motifs is 2. The van der Waals surface area contributed by atoms with Crippen LogP contribution in [0.5, 0.6) is 23.0 Å². The number of nitrogen functional groups attached to an aromatic ring is 1. The number of benzene rings is 2. The number of nitrogens with two attached hydrogens (primary N) is 1. The van der Waals surface area contributed by atoms with E-state index < -0.39 is 0 Å². The Kier molecular flexibility index (Phi) is 4.54. The average molecular weight is 421 g/mol. The highest BCUT2D eigenvalue weighted by molar-refractivity contribution is 5.88. The third-order valence-corrected chi connectivity index (χ3v) is 4.75. The van der Waals surface area contributed by atoms with Crippen LogP contribution in [0.25, 0.3) is 16.7 Å². The second-order valence-corrected chi connectivity index (χ2v) is 6.61. The molecule has 0 radical (unpaired) electrons. The Balaban J connectivity index is 1.52. The maximum atomic E-state index is 6.14. The van der Waals surface area contributed by atoms with E-state index in [1.165, 1.54) is 11.0 Å². The maximum absolute atomic E-state index is 6.14. The van der Waals surface area contributed by atoms with Gasteiger partial charge in [-0.15, -0.1) is 5.10 Å². The summed E-state index contributed by atoms with van der Waals surface area (Å²) in [6.45, 7) is 1.04. The van der Waals surface area contributed by atoms with Crippen molar-refractivity contribution < 1.29 is 18.9 Å². The first-order chi connectivity index (χ1) is 15.2. The molecule has 0 fully saturated rings. The van der Waals surface area contributed by atoms with Gasteiger partial charge in [-0.3, -0.25) is 0 Å². The van der Waals surface area contributed by atoms with Gasteiger partial charge in [-0.25, -0.2) is 9.97 Å². The molecule has 11 nitrogen and oxygen atoms in total. The molecule has 3 N–H and O–H groups in total. The van der Waals surface area contributed by atoms with E-state index in [-0.39, 0.29) is 5.95 Å². The van der Waals surface area contributed by atoms with Crippen LogP contribution >= 0.6 is 0 Å². The Morgan fingerprint density at radius 3 is 2.58 bits per heavy atom. The summed E-state index contributed by atoms with van der Waals surface area (Å²) in [7, 11) is 3.13. The van der Waals surface area contributed by atoms with Gasteiger partial charge in [0.15, 0.2) is 28.8 Å². The zero-order valence-electron chi connectivity index (χ0n) is 16.8. The summed E-state index contributed by atoms with van der Waals surface area (Å²) in [5.74, 6) is 3.40. The third-order valence-electron chi connectivity index (χ3n) is 4.75. The van der Waals surface area contributed by atoms with E-state index in [1.54, 1.807) is 26.4 Å². The summed E-state index contributed by atoms with van der Waals surface area (Å²) in [4.78, 5) is 13.0. The molecule has 0 atom stereocenters. The minimum Gasteiger partial charge on any atom is -0.493 e. The lowest BCUT2D eigenvalue weighted by molar-refractivity contribution is 0.171. The summed E-state index contributed by atoms with van der Waals surface area (Å²) < 4.78 is 23.4. The van der Waals surface area contributed by atoms with E-state index in [0.717, 1.165) is 5.69 Å². The highest BCUT2D eigenvalue weighted by atomic mass is 16.6. The molecule has 2 aromatic carbocycles. The Labute approximate surface area is 176 Å². The fourth-order valence-electron chi connectivity index (χ4n) is 3.32. The number of hydrogen-bond donors (Lipinski definition) is 2. The highest BCUT2D eigenvalue weighted by Gasteiger charge is 2.17. The first-order valence-corrected chi connectivity index (χ1v) is 9.42. The molecule has 158 valence electrons. The molecule has 5 rings (SSSR count). The Morgan fingerprint density at radius 2 is 1.77 bits per heavy atom. The number of ether oxygens (including phenoxy) is 4. The molecule has 4 aromatic rings. The number of nitrogens with one attached hydrogen (secondary N) is 1. The number of hydrogen-bond acceptors (Lipinski definition) is 10. The van der Waals surface area contributed by atoms with Crippen molar-refractivity contribution in [3.05, 3.63) is 36.7 Å². The van der Waals surface area contributed by atoms with E-state index in [0.29, 0.717) is 58.9 Å². The predicted molar refractivity (Wildman–Crippen MR) is 113 cm³/mol. The minimum atomic E-state index is 0.162. The van der Waals surface area contributed by atoms with Crippen LogP contribution in [0.3, 0.4) is 0 Å². The molecule has 0 saturated carbocycles. The molecule has 0 aliphatic carbocycles. The summed E-state index contributed by atoms with van der Waals surface area (Å²) in [5.41, 5.74) is 7.53. The molecule has 0 bridgehead atoms. The molecule has 2 aromatic heterocycles. The van der Waals surface area contributed by atoms with Crippen LogP contribution in [-0.2, 0) is 0 Å². The van der Waals surface area contributed by atoms with E-state index in [4.69, 9.17) is 24.7 Å². The first kappa shape index (κ1) is 18.7. The van der Waals surface area contributed by atoms with E-state index in [1.807, 2.05) is 18.2 Å². The molecule has 1 aliphatic heterocycles. The Morgan fingerprint density at radius 1 is 1.00 bits per heavy atom. The van der Waals surface area contributed by atoms with Gasteiger partial charge in [0.25, 0.3) is 0 Å². The lowest BCUT2D eigenvalue weighted by Gasteiger charge is -2.18. The van der Waals surface area contributed by atoms with Gasteiger partial charge in [-0.1, -0.05) is 0 Å². The molecule has 0 saturated heterocycles. The van der Waals surface area contributed by atoms with Gasteiger partial charge in [-0.05, 0) is 18.2 Å². The SMILES string of the molecule is COc1cc2ncnc(-n3nc(Nc4ccc5c(c4)OCCO5)nc3N)c2cc1OC. The minimum absolute atomic E-state index is 0.162. The average Bonchev–Trinajstić information content (AvgIpc) is 3.17. The van der Waals surface area contributed by atoms with Gasteiger partial charge in [0.2, 0.25) is 11.9 Å². The van der Waals surface area contributed by atoms with Crippen LogP contribution < -0.4 is 30.0 Å². The van der Waals surface area contributed by atoms with Crippen LogP contribution in [0, 0.1) is 0 Å². The molecular formula is C20H19N7O4. The Bertz CT molecular complexity index is 1270. The second-order valence-electron chi connectivity index (χ2n) is 6.61. The van der Waals surface area contributed by atoms with Crippen LogP contribution in [0.1, 0.15) is 0 Å². The fraction of sp³-hybridized carbons (Fsp3) is 0.200. The monoisotopic (exact) mass is 421 g/mol. The van der Waals surface area contributed by atoms with Crippen molar-refractivity contribution in [2.75, 3.05) is 38.5 Å². The molecule has 11 heteroatoms. The number of rotatable bonds is 5. The molecule has 31 heavy (non-hydrogen) atoms. The van der Waals surface area contributed by atoms with Crippen molar-refractivity contribution in [3.63, 3.8) is 0 Å². The van der Waals surface area contributed by atoms with Crippen LogP contribution in [0.4, 0.5) is 17.6 Å². The van der Waals surface area contributed by atoms with Crippen molar-refractivity contribution in [1.29, 1.82) is 0 Å². The number of aromatic nitrogens is 5. The van der Waals surface area contributed by atoms with Crippen LogP contribution in [0.15, 0.2) is 36.7 Å². The molecule has 0 amide bonds. The van der Waals surface area contributed by atoms with Crippen molar-refractivity contribution in [2.45, 2.75) is 0 Å². The summed E-state index contributed by atoms with van der Waals surface area (Å²) >= 11 is 0. The molecule has 0 spiro atoms. The van der Waals surface area contributed by atoms with Gasteiger partial charge < -0.3 is 30.0 Å². The summed E-state index contributed by atoms with van der Waals surface area (Å²) in [5, 5.41) is 8.28. The van der Waals surface area contributed by atoms with Crippen molar-refractivity contribution in [2.24, 2.45) is 0 Å². The molecule has 0 unspecified atom stereocenters. The highest BCUT2D eigenvalue weighted by Crippen LogP contribution is 2.35. The van der Waals surface area contributed by atoms with E-state index in [9.17, 15) is 0 Å². The van der Waals surface area contributed by atoms with Crippen LogP contribution in [0.2, 0.25) is 0 Å². The maximum Gasteiger partial charge on any atom is 0.248 e. The van der Waals surface area contributed by atoms with Crippen LogP contribution in [-0.4, -0.2) is 52.2 Å². The second kappa shape index (κ2) is 7.52. The zero-order chi connectivity index (χ0) is 21.4.